The molecule has 296 valence electrons. The van der Waals surface area contributed by atoms with E-state index in [0.717, 1.165) is 67.1 Å². The van der Waals surface area contributed by atoms with E-state index in [4.69, 9.17) is 9.97 Å². The second kappa shape index (κ2) is 15.0. The summed E-state index contributed by atoms with van der Waals surface area (Å²) in [5.74, 6) is 0.642. The minimum atomic E-state index is 0.642. The number of fused-ring (bicyclic) bond motifs is 11. The average Bonchev–Trinajstić information content (AvgIpc) is 4.03. The summed E-state index contributed by atoms with van der Waals surface area (Å²) in [5, 5.41) is 7.73. The first-order chi connectivity index (χ1) is 31.2. The number of hydrogen-bond acceptors (Lipinski definition) is 4. The number of benzene rings is 8. The molecule has 8 aromatic carbocycles. The van der Waals surface area contributed by atoms with Crippen LogP contribution in [0.3, 0.4) is 0 Å². The third-order valence-corrected chi connectivity index (χ3v) is 14.5. The summed E-state index contributed by atoms with van der Waals surface area (Å²) < 4.78 is 7.76. The number of rotatable bonds is 8. The van der Waals surface area contributed by atoms with Gasteiger partial charge in [0.25, 0.3) is 0 Å². The van der Waals surface area contributed by atoms with Crippen molar-refractivity contribution in [3.05, 3.63) is 219 Å². The fourth-order valence-corrected chi connectivity index (χ4v) is 11.9. The average molecular weight is 840 g/mol. The second-order valence-corrected chi connectivity index (χ2v) is 17.9. The lowest BCUT2D eigenvalue weighted by Crippen LogP contribution is -2.04. The van der Waals surface area contributed by atoms with Crippen LogP contribution < -0.4 is 0 Å². The van der Waals surface area contributed by atoms with E-state index in [2.05, 4.69) is 194 Å². The zero-order valence-corrected chi connectivity index (χ0v) is 35.8. The van der Waals surface area contributed by atoms with Crippen molar-refractivity contribution >= 4 is 90.4 Å². The first-order valence-electron chi connectivity index (χ1n) is 21.0. The van der Waals surface area contributed by atoms with Crippen LogP contribution in [0.1, 0.15) is 5.56 Å². The van der Waals surface area contributed by atoms with Gasteiger partial charge in [-0.15, -0.1) is 22.7 Å². The summed E-state index contributed by atoms with van der Waals surface area (Å²) in [7, 11) is 0. The van der Waals surface area contributed by atoms with Crippen LogP contribution in [0.4, 0.5) is 0 Å². The molecule has 0 saturated heterocycles. The van der Waals surface area contributed by atoms with E-state index in [-0.39, 0.29) is 0 Å². The van der Waals surface area contributed by atoms with E-state index >= 15 is 0 Å². The maximum atomic E-state index is 5.31. The number of para-hydroxylation sites is 1. The van der Waals surface area contributed by atoms with Gasteiger partial charge in [0, 0.05) is 78.9 Å². The molecule has 0 bridgehead atoms. The molecular formula is C58H37N3S2. The van der Waals surface area contributed by atoms with Gasteiger partial charge in [0.15, 0.2) is 5.82 Å². The Balaban J connectivity index is 1.19. The molecule has 0 atom stereocenters. The molecule has 0 saturated carbocycles. The monoisotopic (exact) mass is 839 g/mol. The van der Waals surface area contributed by atoms with Gasteiger partial charge < -0.3 is 4.57 Å². The first-order valence-corrected chi connectivity index (χ1v) is 22.7. The number of aromatic nitrogens is 3. The zero-order chi connectivity index (χ0) is 42.0. The first kappa shape index (κ1) is 37.1. The summed E-state index contributed by atoms with van der Waals surface area (Å²) in [6, 6.07) is 65.0. The molecule has 4 aromatic heterocycles. The molecule has 12 aromatic rings. The summed E-state index contributed by atoms with van der Waals surface area (Å²) in [6.07, 6.45) is 5.83. The Labute approximate surface area is 372 Å². The van der Waals surface area contributed by atoms with Gasteiger partial charge in [0.2, 0.25) is 0 Å². The van der Waals surface area contributed by atoms with Gasteiger partial charge in [-0.3, -0.25) is 0 Å². The standard InChI is InChI=1S/C58H37N3S2/c1-3-18-36(4-2)45-33-40(58-59-47(38-21-10-6-11-22-38)35-48(60-58)39-23-12-7-13-24-39)34-46(37-19-8-5-9-20-37)55(45)61-49-27-16-14-25-43(49)53-50(61)31-29-41-42-30-32-52-54(57(42)63-56(41)53)44-26-15-17-28-51(44)62-52/h3-35H,1-2H2/b36-18+. The smallest absolute Gasteiger partial charge is 0.160 e. The van der Waals surface area contributed by atoms with Crippen LogP contribution in [0.2, 0.25) is 0 Å². The molecule has 0 aliphatic heterocycles. The number of nitrogens with zero attached hydrogens (tertiary/aromatic N) is 3. The number of allylic oxidation sites excluding steroid dienone is 4. The predicted octanol–water partition coefficient (Wildman–Crippen LogP) is 16.7. The molecule has 0 aliphatic rings. The van der Waals surface area contributed by atoms with E-state index in [0.29, 0.717) is 5.82 Å². The molecule has 5 heteroatoms. The topological polar surface area (TPSA) is 30.7 Å². The van der Waals surface area contributed by atoms with Crippen molar-refractivity contribution in [3.8, 4) is 50.7 Å². The Bertz CT molecular complexity index is 3760. The fourth-order valence-electron chi connectivity index (χ4n) is 9.34. The molecule has 0 fully saturated rings. The van der Waals surface area contributed by atoms with E-state index in [1.54, 1.807) is 0 Å². The van der Waals surface area contributed by atoms with Crippen molar-refractivity contribution in [2.24, 2.45) is 0 Å². The summed E-state index contributed by atoms with van der Waals surface area (Å²) in [5.41, 5.74) is 12.1. The van der Waals surface area contributed by atoms with Crippen LogP contribution in [-0.4, -0.2) is 14.5 Å². The van der Waals surface area contributed by atoms with Crippen molar-refractivity contribution in [1.29, 1.82) is 0 Å². The molecule has 0 unspecified atom stereocenters. The van der Waals surface area contributed by atoms with Crippen molar-refractivity contribution in [2.45, 2.75) is 0 Å². The third kappa shape index (κ3) is 6.00. The zero-order valence-electron chi connectivity index (χ0n) is 34.1. The van der Waals surface area contributed by atoms with Gasteiger partial charge >= 0.3 is 0 Å². The lowest BCUT2D eigenvalue weighted by molar-refractivity contribution is 1.16. The molecule has 63 heavy (non-hydrogen) atoms. The van der Waals surface area contributed by atoms with E-state index in [1.165, 1.54) is 51.1 Å². The van der Waals surface area contributed by atoms with Gasteiger partial charge in [-0.2, -0.15) is 0 Å². The molecule has 0 amide bonds. The lowest BCUT2D eigenvalue weighted by Gasteiger charge is -2.21. The Kier molecular flexibility index (Phi) is 8.85. The van der Waals surface area contributed by atoms with E-state index < -0.39 is 0 Å². The second-order valence-electron chi connectivity index (χ2n) is 15.7. The van der Waals surface area contributed by atoms with E-state index in [9.17, 15) is 0 Å². The highest BCUT2D eigenvalue weighted by molar-refractivity contribution is 7.30. The Hall–Kier alpha value is -7.70. The fraction of sp³-hybridized carbons (Fsp3) is 0. The van der Waals surface area contributed by atoms with Crippen molar-refractivity contribution in [2.75, 3.05) is 0 Å². The minimum Gasteiger partial charge on any atom is -0.308 e. The lowest BCUT2D eigenvalue weighted by atomic mass is 9.92. The highest BCUT2D eigenvalue weighted by Crippen LogP contribution is 2.49. The molecule has 0 aliphatic carbocycles. The van der Waals surface area contributed by atoms with Gasteiger partial charge in [0.05, 0.1) is 28.1 Å². The highest BCUT2D eigenvalue weighted by Gasteiger charge is 2.25. The minimum absolute atomic E-state index is 0.642. The van der Waals surface area contributed by atoms with Crippen molar-refractivity contribution in [1.82, 2.24) is 14.5 Å². The number of hydrogen-bond donors (Lipinski definition) is 0. The van der Waals surface area contributed by atoms with Crippen molar-refractivity contribution in [3.63, 3.8) is 0 Å². The van der Waals surface area contributed by atoms with Crippen LogP contribution in [0, 0.1) is 0 Å². The molecule has 12 rings (SSSR count). The maximum absolute atomic E-state index is 5.31. The number of thiophene rings is 2. The molecule has 4 heterocycles. The molecule has 0 N–H and O–H groups in total. The largest absolute Gasteiger partial charge is 0.308 e. The molecule has 3 nitrogen and oxygen atoms in total. The molecule has 0 radical (unpaired) electrons. The van der Waals surface area contributed by atoms with Gasteiger partial charge in [-0.1, -0.05) is 171 Å². The Morgan fingerprint density at radius 3 is 1.76 bits per heavy atom. The van der Waals surface area contributed by atoms with Crippen LogP contribution in [0.5, 0.6) is 0 Å². The molecule has 0 spiro atoms. The summed E-state index contributed by atoms with van der Waals surface area (Å²) in [6.45, 7) is 8.52. The Morgan fingerprint density at radius 1 is 0.476 bits per heavy atom. The van der Waals surface area contributed by atoms with Crippen LogP contribution in [-0.2, 0) is 0 Å². The summed E-state index contributed by atoms with van der Waals surface area (Å²) in [4.78, 5) is 10.6. The quantitative estimate of drug-likeness (QED) is 0.143. The predicted molar refractivity (Wildman–Crippen MR) is 272 cm³/mol. The van der Waals surface area contributed by atoms with Gasteiger partial charge in [-0.05, 0) is 53.6 Å². The molecular weight excluding hydrogens is 803 g/mol. The van der Waals surface area contributed by atoms with Crippen LogP contribution in [0.25, 0.3) is 118 Å². The van der Waals surface area contributed by atoms with Gasteiger partial charge in [0.1, 0.15) is 0 Å². The third-order valence-electron chi connectivity index (χ3n) is 12.2. The van der Waals surface area contributed by atoms with E-state index in [1.807, 2.05) is 47.0 Å². The normalized spacial score (nSPS) is 12.0. The highest BCUT2D eigenvalue weighted by atomic mass is 32.1. The Morgan fingerprint density at radius 2 is 1.08 bits per heavy atom. The van der Waals surface area contributed by atoms with Gasteiger partial charge in [-0.25, -0.2) is 9.97 Å². The van der Waals surface area contributed by atoms with Crippen LogP contribution >= 0.6 is 22.7 Å². The maximum Gasteiger partial charge on any atom is 0.160 e. The van der Waals surface area contributed by atoms with Crippen LogP contribution in [0.15, 0.2) is 213 Å². The SMILES string of the molecule is C=C/C=C(\C=C)c1cc(-c2nc(-c3ccccc3)cc(-c3ccccc3)n2)cc(-c2ccccc2)c1-n1c2ccccc2c2c3sc4c(ccc5sc6ccccc6c54)c3ccc21. The van der Waals surface area contributed by atoms with Crippen molar-refractivity contribution < 1.29 is 0 Å². The summed E-state index contributed by atoms with van der Waals surface area (Å²) >= 11 is 3.80.